The van der Waals surface area contributed by atoms with Crippen molar-refractivity contribution in [3.8, 4) is 22.8 Å². The van der Waals surface area contributed by atoms with Gasteiger partial charge in [-0.3, -0.25) is 25.8 Å². The molecule has 2 aromatic heterocycles. The number of nitrogens with one attached hydrogen (secondary N) is 3. The predicted octanol–water partition coefficient (Wildman–Crippen LogP) is 4.16. The summed E-state index contributed by atoms with van der Waals surface area (Å²) in [5, 5.41) is 17.4. The fourth-order valence-corrected chi connectivity index (χ4v) is 7.12. The predicted molar refractivity (Wildman–Crippen MR) is 179 cm³/mol. The molecule has 0 spiro atoms. The minimum Gasteiger partial charge on any atom is -0.487 e. The molecule has 1 aromatic carbocycles. The lowest BCUT2D eigenvalue weighted by Gasteiger charge is -2.43. The van der Waals surface area contributed by atoms with Gasteiger partial charge < -0.3 is 24.3 Å². The average molecular weight is 669 g/mol. The third-order valence-corrected chi connectivity index (χ3v) is 9.56. The van der Waals surface area contributed by atoms with Crippen molar-refractivity contribution in [2.24, 2.45) is 5.84 Å². The molecule has 2 saturated heterocycles. The Bertz CT molecular complexity index is 1450. The summed E-state index contributed by atoms with van der Waals surface area (Å²) in [6, 6.07) is 7.62. The van der Waals surface area contributed by atoms with Gasteiger partial charge in [-0.05, 0) is 63.1 Å². The number of anilines is 2. The van der Waals surface area contributed by atoms with Gasteiger partial charge in [0.05, 0.1) is 50.0 Å². The van der Waals surface area contributed by atoms with Crippen LogP contribution in [0.1, 0.15) is 51.5 Å². The Labute approximate surface area is 280 Å². The lowest BCUT2D eigenvalue weighted by molar-refractivity contribution is -0.0458. The van der Waals surface area contributed by atoms with Crippen molar-refractivity contribution in [3.05, 3.63) is 41.8 Å². The molecule has 14 nitrogen and oxygen atoms in total. The summed E-state index contributed by atoms with van der Waals surface area (Å²) in [6.07, 6.45) is 13.3. The van der Waals surface area contributed by atoms with E-state index in [-0.39, 0.29) is 6.10 Å². The molecule has 3 fully saturated rings. The van der Waals surface area contributed by atoms with Crippen LogP contribution in [0.4, 0.5) is 11.6 Å². The van der Waals surface area contributed by atoms with E-state index in [9.17, 15) is 0 Å². The van der Waals surface area contributed by atoms with E-state index in [2.05, 4.69) is 25.7 Å². The smallest absolute Gasteiger partial charge is 0.257 e. The first-order valence-electron chi connectivity index (χ1n) is 16.3. The number of nitrogens with zero attached hydrogens (tertiary/aromatic N) is 6. The Balaban J connectivity index is 1.11. The van der Waals surface area contributed by atoms with Gasteiger partial charge in [-0.15, -0.1) is 5.10 Å². The van der Waals surface area contributed by atoms with E-state index in [0.29, 0.717) is 72.2 Å². The van der Waals surface area contributed by atoms with Crippen molar-refractivity contribution in [1.82, 2.24) is 35.2 Å². The molecule has 3 aromatic rings. The van der Waals surface area contributed by atoms with Gasteiger partial charge in [0.25, 0.3) is 5.88 Å². The van der Waals surface area contributed by atoms with Crippen molar-refractivity contribution < 1.29 is 18.9 Å². The van der Waals surface area contributed by atoms with E-state index in [0.717, 1.165) is 56.4 Å². The molecule has 4 heterocycles. The largest absolute Gasteiger partial charge is 0.487 e. The maximum Gasteiger partial charge on any atom is 0.257 e. The highest BCUT2D eigenvalue weighted by molar-refractivity contribution is 6.32. The van der Waals surface area contributed by atoms with E-state index in [1.807, 2.05) is 29.9 Å². The molecule has 47 heavy (non-hydrogen) atoms. The third kappa shape index (κ3) is 7.96. The third-order valence-electron chi connectivity index (χ3n) is 9.25. The molecule has 5 N–H and O–H groups in total. The molecule has 6 rings (SSSR count). The molecule has 3 atom stereocenters. The molecule has 0 amide bonds. The number of fused-ring (bicyclic) bond motifs is 2. The van der Waals surface area contributed by atoms with Crippen LogP contribution >= 0.6 is 11.6 Å². The summed E-state index contributed by atoms with van der Waals surface area (Å²) >= 11 is 6.42. The van der Waals surface area contributed by atoms with Crippen LogP contribution in [-0.2, 0) is 9.47 Å². The molecule has 0 unspecified atom stereocenters. The topological polar surface area (TPSA) is 161 Å². The van der Waals surface area contributed by atoms with Crippen LogP contribution in [0.15, 0.2) is 36.8 Å². The van der Waals surface area contributed by atoms with Gasteiger partial charge in [-0.2, -0.15) is 5.53 Å². The SMILES string of the molecule is COCCOc1nn(C2CCC(N3[C@@H]4CC[C@H]3COC4)CC2)cc1Nc1ncc(-c2ccc(Cl)c(O[C@@H](C)CN(C=N)NN)c2)cn1. The van der Waals surface area contributed by atoms with Crippen molar-refractivity contribution in [3.63, 3.8) is 0 Å². The summed E-state index contributed by atoms with van der Waals surface area (Å²) in [5.74, 6) is 6.87. The number of nitrogens with two attached hydrogens (primary N) is 1. The van der Waals surface area contributed by atoms with Gasteiger partial charge in [0.2, 0.25) is 5.95 Å². The van der Waals surface area contributed by atoms with Crippen LogP contribution < -0.4 is 26.2 Å². The Morgan fingerprint density at radius 3 is 2.45 bits per heavy atom. The number of morpholine rings is 1. The molecular weight excluding hydrogens is 624 g/mol. The average Bonchev–Trinajstić information content (AvgIpc) is 3.60. The summed E-state index contributed by atoms with van der Waals surface area (Å²) in [6.45, 7) is 4.83. The lowest BCUT2D eigenvalue weighted by Crippen LogP contribution is -2.52. The fraction of sp³-hybridized carbons (Fsp3) is 0.562. The minimum absolute atomic E-state index is 0.292. The normalized spacial score (nSPS) is 23.3. The van der Waals surface area contributed by atoms with E-state index in [1.54, 1.807) is 25.6 Å². The zero-order valence-electron chi connectivity index (χ0n) is 27.0. The second-order valence-corrected chi connectivity index (χ2v) is 12.8. The first kappa shape index (κ1) is 33.4. The Hall–Kier alpha value is -3.53. The first-order chi connectivity index (χ1) is 22.9. The molecule has 2 bridgehead atoms. The van der Waals surface area contributed by atoms with Gasteiger partial charge in [-0.25, -0.2) is 9.97 Å². The molecule has 2 aliphatic heterocycles. The molecule has 15 heteroatoms. The van der Waals surface area contributed by atoms with E-state index < -0.39 is 0 Å². The highest BCUT2D eigenvalue weighted by Gasteiger charge is 2.42. The summed E-state index contributed by atoms with van der Waals surface area (Å²) in [7, 11) is 1.65. The van der Waals surface area contributed by atoms with Crippen LogP contribution in [0.2, 0.25) is 5.02 Å². The number of hydrogen-bond donors (Lipinski definition) is 4. The van der Waals surface area contributed by atoms with Crippen LogP contribution in [0, 0.1) is 5.41 Å². The Morgan fingerprint density at radius 1 is 1.06 bits per heavy atom. The van der Waals surface area contributed by atoms with Gasteiger partial charge in [0.1, 0.15) is 24.1 Å². The lowest BCUT2D eigenvalue weighted by atomic mass is 9.89. The molecule has 0 radical (unpaired) electrons. The maximum absolute atomic E-state index is 7.40. The number of methoxy groups -OCH3 is 1. The highest BCUT2D eigenvalue weighted by Crippen LogP contribution is 2.39. The van der Waals surface area contributed by atoms with Crippen LogP contribution in [0.5, 0.6) is 11.6 Å². The molecule has 3 aliphatic rings. The maximum atomic E-state index is 7.40. The van der Waals surface area contributed by atoms with E-state index in [4.69, 9.17) is 46.9 Å². The monoisotopic (exact) mass is 668 g/mol. The number of hydrazine groups is 2. The Kier molecular flexibility index (Phi) is 11.1. The minimum atomic E-state index is -0.292. The van der Waals surface area contributed by atoms with Crippen molar-refractivity contribution in [1.29, 1.82) is 5.41 Å². The Morgan fingerprint density at radius 2 is 1.77 bits per heavy atom. The molecule has 1 aliphatic carbocycles. The van der Waals surface area contributed by atoms with Crippen LogP contribution in [-0.4, -0.2) is 100 Å². The zero-order chi connectivity index (χ0) is 32.8. The summed E-state index contributed by atoms with van der Waals surface area (Å²) in [4.78, 5) is 11.9. The molecular formula is C32H45ClN10O4. The second-order valence-electron chi connectivity index (χ2n) is 12.4. The van der Waals surface area contributed by atoms with Crippen LogP contribution in [0.3, 0.4) is 0 Å². The van der Waals surface area contributed by atoms with Crippen molar-refractivity contribution in [2.75, 3.05) is 45.4 Å². The molecule has 1 saturated carbocycles. The summed E-state index contributed by atoms with van der Waals surface area (Å²) < 4.78 is 25.1. The zero-order valence-corrected chi connectivity index (χ0v) is 27.7. The van der Waals surface area contributed by atoms with Crippen molar-refractivity contribution >= 4 is 29.6 Å². The second kappa shape index (κ2) is 15.6. The number of rotatable bonds is 15. The van der Waals surface area contributed by atoms with Crippen LogP contribution in [0.25, 0.3) is 11.1 Å². The quantitative estimate of drug-likeness (QED) is 0.0603. The fourth-order valence-electron chi connectivity index (χ4n) is 6.96. The summed E-state index contributed by atoms with van der Waals surface area (Å²) in [5.41, 5.74) is 4.78. The van der Waals surface area contributed by atoms with Gasteiger partial charge in [0.15, 0.2) is 0 Å². The van der Waals surface area contributed by atoms with Crippen molar-refractivity contribution in [2.45, 2.75) is 75.7 Å². The first-order valence-corrected chi connectivity index (χ1v) is 16.7. The van der Waals surface area contributed by atoms with Gasteiger partial charge in [0, 0.05) is 43.2 Å². The van der Waals surface area contributed by atoms with E-state index in [1.165, 1.54) is 17.9 Å². The number of ether oxygens (including phenoxy) is 4. The van der Waals surface area contributed by atoms with Gasteiger partial charge in [-0.1, -0.05) is 17.7 Å². The number of aromatic nitrogens is 4. The standard InChI is InChI=1S/C32H45ClN10O4/c1-21(16-41(20-34)40-35)47-30-13-22(3-10-28(30)33)23-14-36-32(37-15-23)38-29-17-42(39-31(29)46-12-11-44-2)24-4-6-25(7-5-24)43-26-8-9-27(43)19-45-18-26/h3,10,13-15,17,20-21,24-27,34,40H,4-9,11-12,16,18-19,35H2,1-2H3,(H,36,37,38)/t21-,24?,25?,26-,27+/m0/s1. The number of hydrogen-bond acceptors (Lipinski definition) is 12. The highest BCUT2D eigenvalue weighted by atomic mass is 35.5. The van der Waals surface area contributed by atoms with Gasteiger partial charge >= 0.3 is 0 Å². The van der Waals surface area contributed by atoms with E-state index >= 15 is 0 Å². The molecule has 254 valence electrons. The number of benzene rings is 1. The number of halogens is 1.